The summed E-state index contributed by atoms with van der Waals surface area (Å²) in [7, 11) is 0. The lowest BCUT2D eigenvalue weighted by atomic mass is 10.1. The second kappa shape index (κ2) is 7.41. The van der Waals surface area contributed by atoms with Gasteiger partial charge in [-0.1, -0.05) is 13.0 Å². The van der Waals surface area contributed by atoms with Gasteiger partial charge in [-0.3, -0.25) is 10.1 Å². The summed E-state index contributed by atoms with van der Waals surface area (Å²) in [6.45, 7) is 6.27. The minimum Gasteiger partial charge on any atom is -0.484 e. The van der Waals surface area contributed by atoms with Crippen LogP contribution in [0.1, 0.15) is 24.5 Å². The number of carbonyl (C=O) groups is 2. The molecule has 1 aromatic carbocycles. The topological polar surface area (TPSA) is 67.4 Å². The molecule has 3 amide bonds. The van der Waals surface area contributed by atoms with Crippen LogP contribution < -0.4 is 15.4 Å². The van der Waals surface area contributed by atoms with Crippen molar-refractivity contribution in [3.63, 3.8) is 0 Å². The summed E-state index contributed by atoms with van der Waals surface area (Å²) in [5.41, 5.74) is 2.26. The van der Waals surface area contributed by atoms with Gasteiger partial charge in [0.1, 0.15) is 5.75 Å². The Bertz CT molecular complexity index is 458. The molecule has 1 aromatic rings. The normalized spacial score (nSPS) is 9.84. The zero-order chi connectivity index (χ0) is 14.3. The van der Waals surface area contributed by atoms with Crippen LogP contribution in [0.2, 0.25) is 0 Å². The summed E-state index contributed by atoms with van der Waals surface area (Å²) in [4.78, 5) is 22.7. The Balaban J connectivity index is 2.37. The van der Waals surface area contributed by atoms with Crippen LogP contribution in [0.4, 0.5) is 4.79 Å². The average molecular weight is 264 g/mol. The van der Waals surface area contributed by atoms with Gasteiger partial charge in [0.05, 0.1) is 0 Å². The van der Waals surface area contributed by atoms with Crippen LogP contribution in [-0.2, 0) is 4.79 Å². The van der Waals surface area contributed by atoms with Crippen molar-refractivity contribution >= 4 is 11.9 Å². The van der Waals surface area contributed by atoms with Crippen molar-refractivity contribution in [3.05, 3.63) is 29.3 Å². The molecule has 0 aliphatic carbocycles. The SMILES string of the molecule is CCCNC(=O)NC(=O)COc1ccc(C)c(C)c1. The summed E-state index contributed by atoms with van der Waals surface area (Å²) in [6, 6.07) is 5.10. The number of hydrogen-bond acceptors (Lipinski definition) is 3. The summed E-state index contributed by atoms with van der Waals surface area (Å²) >= 11 is 0. The quantitative estimate of drug-likeness (QED) is 0.853. The van der Waals surface area contributed by atoms with Crippen molar-refractivity contribution in [2.75, 3.05) is 13.2 Å². The van der Waals surface area contributed by atoms with Gasteiger partial charge in [-0.25, -0.2) is 4.79 Å². The third-order valence-electron chi connectivity index (χ3n) is 2.64. The van der Waals surface area contributed by atoms with E-state index >= 15 is 0 Å². The molecule has 0 aliphatic rings. The molecular weight excluding hydrogens is 244 g/mol. The van der Waals surface area contributed by atoms with Crippen LogP contribution in [0.25, 0.3) is 0 Å². The van der Waals surface area contributed by atoms with E-state index < -0.39 is 11.9 Å². The van der Waals surface area contributed by atoms with E-state index in [1.165, 1.54) is 0 Å². The number of carbonyl (C=O) groups excluding carboxylic acids is 2. The lowest BCUT2D eigenvalue weighted by molar-refractivity contribution is -0.122. The van der Waals surface area contributed by atoms with Crippen LogP contribution in [-0.4, -0.2) is 25.1 Å². The molecule has 0 fully saturated rings. The van der Waals surface area contributed by atoms with E-state index in [-0.39, 0.29) is 6.61 Å². The zero-order valence-corrected chi connectivity index (χ0v) is 11.6. The van der Waals surface area contributed by atoms with Gasteiger partial charge in [-0.15, -0.1) is 0 Å². The fourth-order valence-electron chi connectivity index (χ4n) is 1.40. The minimum atomic E-state index is -0.490. The van der Waals surface area contributed by atoms with Crippen LogP contribution in [0.5, 0.6) is 5.75 Å². The molecule has 0 aliphatic heterocycles. The number of aryl methyl sites for hydroxylation is 2. The number of rotatable bonds is 5. The van der Waals surface area contributed by atoms with E-state index in [0.29, 0.717) is 12.3 Å². The molecular formula is C14H20N2O3. The maximum absolute atomic E-state index is 11.4. The lowest BCUT2D eigenvalue weighted by Gasteiger charge is -2.09. The number of amides is 3. The molecule has 0 saturated heterocycles. The fraction of sp³-hybridized carbons (Fsp3) is 0.429. The largest absolute Gasteiger partial charge is 0.484 e. The van der Waals surface area contributed by atoms with E-state index in [1.807, 2.05) is 32.9 Å². The molecule has 0 spiro atoms. The van der Waals surface area contributed by atoms with Gasteiger partial charge in [0.15, 0.2) is 6.61 Å². The Kier molecular flexibility index (Phi) is 5.85. The second-order valence-corrected chi connectivity index (χ2v) is 4.34. The van der Waals surface area contributed by atoms with Crippen molar-refractivity contribution in [3.8, 4) is 5.75 Å². The monoisotopic (exact) mass is 264 g/mol. The Morgan fingerprint density at radius 2 is 1.95 bits per heavy atom. The maximum atomic E-state index is 11.4. The summed E-state index contributed by atoms with van der Waals surface area (Å²) in [6.07, 6.45) is 0.820. The van der Waals surface area contributed by atoms with Gasteiger partial charge < -0.3 is 10.1 Å². The standard InChI is InChI=1S/C14H20N2O3/c1-4-7-15-14(18)16-13(17)9-19-12-6-5-10(2)11(3)8-12/h5-6,8H,4,7,9H2,1-3H3,(H2,15,16,17,18). The molecule has 0 atom stereocenters. The van der Waals surface area contributed by atoms with E-state index in [9.17, 15) is 9.59 Å². The molecule has 5 heteroatoms. The molecule has 0 radical (unpaired) electrons. The van der Waals surface area contributed by atoms with Gasteiger partial charge in [-0.05, 0) is 43.5 Å². The zero-order valence-electron chi connectivity index (χ0n) is 11.6. The highest BCUT2D eigenvalue weighted by molar-refractivity contribution is 5.94. The van der Waals surface area contributed by atoms with Gasteiger partial charge in [0.2, 0.25) is 0 Å². The summed E-state index contributed by atoms with van der Waals surface area (Å²) in [5.74, 6) is 0.152. The highest BCUT2D eigenvalue weighted by Gasteiger charge is 2.07. The number of hydrogen-bond donors (Lipinski definition) is 2. The molecule has 5 nitrogen and oxygen atoms in total. The number of urea groups is 1. The molecule has 0 heterocycles. The molecule has 104 valence electrons. The van der Waals surface area contributed by atoms with Crippen LogP contribution >= 0.6 is 0 Å². The van der Waals surface area contributed by atoms with Crippen molar-refractivity contribution < 1.29 is 14.3 Å². The Morgan fingerprint density at radius 1 is 1.21 bits per heavy atom. The summed E-state index contributed by atoms with van der Waals surface area (Å²) < 4.78 is 5.32. The second-order valence-electron chi connectivity index (χ2n) is 4.34. The highest BCUT2D eigenvalue weighted by Crippen LogP contribution is 2.16. The molecule has 19 heavy (non-hydrogen) atoms. The molecule has 0 saturated carbocycles. The number of imide groups is 1. The third-order valence-corrected chi connectivity index (χ3v) is 2.64. The third kappa shape index (κ3) is 5.42. The first-order valence-electron chi connectivity index (χ1n) is 6.30. The van der Waals surface area contributed by atoms with E-state index in [0.717, 1.165) is 17.5 Å². The van der Waals surface area contributed by atoms with Gasteiger partial charge in [0, 0.05) is 6.54 Å². The molecule has 0 bridgehead atoms. The van der Waals surface area contributed by atoms with E-state index in [2.05, 4.69) is 10.6 Å². The van der Waals surface area contributed by atoms with E-state index in [4.69, 9.17) is 4.74 Å². The van der Waals surface area contributed by atoms with Crippen LogP contribution in [0.3, 0.4) is 0 Å². The first-order valence-corrected chi connectivity index (χ1v) is 6.30. The Morgan fingerprint density at radius 3 is 2.58 bits per heavy atom. The van der Waals surface area contributed by atoms with E-state index in [1.54, 1.807) is 6.07 Å². The van der Waals surface area contributed by atoms with Crippen LogP contribution in [0, 0.1) is 13.8 Å². The number of benzene rings is 1. The molecule has 1 rings (SSSR count). The summed E-state index contributed by atoms with van der Waals surface area (Å²) in [5, 5.41) is 4.75. The van der Waals surface area contributed by atoms with Crippen LogP contribution in [0.15, 0.2) is 18.2 Å². The van der Waals surface area contributed by atoms with Crippen molar-refractivity contribution in [1.29, 1.82) is 0 Å². The van der Waals surface area contributed by atoms with Gasteiger partial charge >= 0.3 is 6.03 Å². The number of ether oxygens (including phenoxy) is 1. The first-order chi connectivity index (χ1) is 9.02. The smallest absolute Gasteiger partial charge is 0.321 e. The predicted octanol–water partition coefficient (Wildman–Crippen LogP) is 1.92. The Labute approximate surface area is 113 Å². The van der Waals surface area contributed by atoms with Crippen molar-refractivity contribution in [2.24, 2.45) is 0 Å². The van der Waals surface area contributed by atoms with Crippen molar-refractivity contribution in [2.45, 2.75) is 27.2 Å². The molecule has 0 unspecified atom stereocenters. The lowest BCUT2D eigenvalue weighted by Crippen LogP contribution is -2.41. The highest BCUT2D eigenvalue weighted by atomic mass is 16.5. The first kappa shape index (κ1) is 15.0. The molecule has 0 aromatic heterocycles. The molecule has 2 N–H and O–H groups in total. The van der Waals surface area contributed by atoms with Gasteiger partial charge in [-0.2, -0.15) is 0 Å². The average Bonchev–Trinajstić information content (AvgIpc) is 2.38. The maximum Gasteiger partial charge on any atom is 0.321 e. The number of nitrogens with one attached hydrogen (secondary N) is 2. The Hall–Kier alpha value is -2.04. The fourth-order valence-corrected chi connectivity index (χ4v) is 1.40. The van der Waals surface area contributed by atoms with Gasteiger partial charge in [0.25, 0.3) is 5.91 Å². The van der Waals surface area contributed by atoms with Crippen molar-refractivity contribution in [1.82, 2.24) is 10.6 Å². The predicted molar refractivity (Wildman–Crippen MR) is 73.2 cm³/mol. The minimum absolute atomic E-state index is 0.179.